The van der Waals surface area contributed by atoms with E-state index in [1.165, 1.54) is 17.0 Å². The van der Waals surface area contributed by atoms with E-state index in [1.54, 1.807) is 0 Å². The molecule has 0 saturated carbocycles. The van der Waals surface area contributed by atoms with Crippen LogP contribution in [-0.4, -0.2) is 47.6 Å². The third-order valence-corrected chi connectivity index (χ3v) is 3.15. The number of halogens is 2. The zero-order valence-corrected chi connectivity index (χ0v) is 10.4. The van der Waals surface area contributed by atoms with Gasteiger partial charge in [-0.1, -0.05) is 6.07 Å². The zero-order valence-electron chi connectivity index (χ0n) is 9.60. The molecule has 1 unspecified atom stereocenters. The number of carbonyl (C=O) groups excluding carboxylic acids is 1. The first-order valence-corrected chi connectivity index (χ1v) is 6.11. The zero-order chi connectivity index (χ0) is 13.1. The molecule has 0 bridgehead atoms. The van der Waals surface area contributed by atoms with Gasteiger partial charge in [-0.25, -0.2) is 4.39 Å². The maximum atomic E-state index is 13.6. The standard InChI is InChI=1S/C12H13ClFNO3/c13-6-8-7-15(4-5-18-8)12(17)11-9(14)2-1-3-10(11)16/h1-3,8,16H,4-7H2. The van der Waals surface area contributed by atoms with Crippen LogP contribution < -0.4 is 0 Å². The molecule has 0 radical (unpaired) electrons. The van der Waals surface area contributed by atoms with Crippen molar-refractivity contribution in [3.63, 3.8) is 0 Å². The SMILES string of the molecule is O=C(c1c(O)cccc1F)N1CCOC(CCl)C1. The molecule has 1 aliphatic heterocycles. The normalized spacial score (nSPS) is 19.9. The van der Waals surface area contributed by atoms with Crippen LogP contribution in [0.15, 0.2) is 18.2 Å². The van der Waals surface area contributed by atoms with Crippen molar-refractivity contribution < 1.29 is 19.0 Å². The van der Waals surface area contributed by atoms with E-state index < -0.39 is 11.7 Å². The second-order valence-electron chi connectivity index (χ2n) is 4.03. The molecule has 18 heavy (non-hydrogen) atoms. The summed E-state index contributed by atoms with van der Waals surface area (Å²) in [6.45, 7) is 1.02. The van der Waals surface area contributed by atoms with E-state index >= 15 is 0 Å². The van der Waals surface area contributed by atoms with Gasteiger partial charge in [-0.2, -0.15) is 0 Å². The highest BCUT2D eigenvalue weighted by Crippen LogP contribution is 2.22. The molecule has 0 spiro atoms. The van der Waals surface area contributed by atoms with Crippen LogP contribution in [0.4, 0.5) is 4.39 Å². The lowest BCUT2D eigenvalue weighted by Gasteiger charge is -2.32. The third kappa shape index (κ3) is 2.57. The number of phenols is 1. The Morgan fingerprint density at radius 3 is 3.06 bits per heavy atom. The van der Waals surface area contributed by atoms with Gasteiger partial charge in [0.05, 0.1) is 18.6 Å². The summed E-state index contributed by atoms with van der Waals surface area (Å²) in [5.74, 6) is -1.35. The van der Waals surface area contributed by atoms with Crippen molar-refractivity contribution in [1.29, 1.82) is 0 Å². The molecule has 1 heterocycles. The number of amides is 1. The van der Waals surface area contributed by atoms with Crippen LogP contribution in [0.3, 0.4) is 0 Å². The van der Waals surface area contributed by atoms with Gasteiger partial charge < -0.3 is 14.7 Å². The summed E-state index contributed by atoms with van der Waals surface area (Å²) in [6.07, 6.45) is -0.252. The minimum atomic E-state index is -0.728. The molecule has 1 saturated heterocycles. The average Bonchev–Trinajstić information content (AvgIpc) is 2.38. The largest absolute Gasteiger partial charge is 0.507 e. The van der Waals surface area contributed by atoms with Gasteiger partial charge in [0.25, 0.3) is 5.91 Å². The monoisotopic (exact) mass is 273 g/mol. The van der Waals surface area contributed by atoms with E-state index in [2.05, 4.69) is 0 Å². The number of benzene rings is 1. The fourth-order valence-electron chi connectivity index (χ4n) is 1.88. The number of rotatable bonds is 2. The molecule has 1 fully saturated rings. The van der Waals surface area contributed by atoms with Crippen molar-refractivity contribution in [2.45, 2.75) is 6.10 Å². The van der Waals surface area contributed by atoms with Gasteiger partial charge in [-0.15, -0.1) is 11.6 Å². The van der Waals surface area contributed by atoms with Crippen molar-refractivity contribution in [3.05, 3.63) is 29.6 Å². The summed E-state index contributed by atoms with van der Waals surface area (Å²) in [7, 11) is 0. The minimum absolute atomic E-state index is 0.252. The van der Waals surface area contributed by atoms with Crippen molar-refractivity contribution in [1.82, 2.24) is 4.90 Å². The second kappa shape index (κ2) is 5.54. The topological polar surface area (TPSA) is 49.8 Å². The summed E-state index contributed by atoms with van der Waals surface area (Å²) in [5.41, 5.74) is -0.298. The maximum Gasteiger partial charge on any atom is 0.260 e. The number of nitrogens with zero attached hydrogens (tertiary/aromatic N) is 1. The lowest BCUT2D eigenvalue weighted by molar-refractivity contribution is -0.0110. The van der Waals surface area contributed by atoms with Crippen LogP contribution in [0.5, 0.6) is 5.75 Å². The molecular formula is C12H13ClFNO3. The van der Waals surface area contributed by atoms with Crippen LogP contribution in [0.1, 0.15) is 10.4 Å². The molecule has 0 aliphatic carbocycles. The van der Waals surface area contributed by atoms with Crippen molar-refractivity contribution >= 4 is 17.5 Å². The highest BCUT2D eigenvalue weighted by molar-refractivity contribution is 6.18. The second-order valence-corrected chi connectivity index (χ2v) is 4.34. The van der Waals surface area contributed by atoms with Gasteiger partial charge in [0, 0.05) is 13.1 Å². The summed E-state index contributed by atoms with van der Waals surface area (Å²) in [5, 5.41) is 9.57. The molecular weight excluding hydrogens is 261 g/mol. The summed E-state index contributed by atoms with van der Waals surface area (Å²) in [6, 6.07) is 3.78. The molecule has 1 aromatic rings. The molecule has 1 N–H and O–H groups in total. The Morgan fingerprint density at radius 2 is 2.39 bits per heavy atom. The molecule has 6 heteroatoms. The third-order valence-electron chi connectivity index (χ3n) is 2.80. The molecule has 4 nitrogen and oxygen atoms in total. The molecule has 98 valence electrons. The van der Waals surface area contributed by atoms with Crippen molar-refractivity contribution in [3.8, 4) is 5.75 Å². The Morgan fingerprint density at radius 1 is 1.61 bits per heavy atom. The quantitative estimate of drug-likeness (QED) is 0.833. The van der Waals surface area contributed by atoms with Crippen LogP contribution in [0.25, 0.3) is 0 Å². The highest BCUT2D eigenvalue weighted by Gasteiger charge is 2.27. The lowest BCUT2D eigenvalue weighted by Crippen LogP contribution is -2.46. The fourth-order valence-corrected chi connectivity index (χ4v) is 2.07. The molecule has 0 aromatic heterocycles. The Bertz CT molecular complexity index is 435. The molecule has 1 atom stereocenters. The Hall–Kier alpha value is -1.33. The number of ether oxygens (including phenoxy) is 1. The van der Waals surface area contributed by atoms with Crippen LogP contribution in [-0.2, 0) is 4.74 Å². The van der Waals surface area contributed by atoms with E-state index in [4.69, 9.17) is 16.3 Å². The predicted molar refractivity (Wildman–Crippen MR) is 64.4 cm³/mol. The molecule has 2 rings (SSSR count). The van der Waals surface area contributed by atoms with E-state index in [0.717, 1.165) is 6.07 Å². The van der Waals surface area contributed by atoms with Crippen LogP contribution in [0.2, 0.25) is 0 Å². The molecule has 1 aromatic carbocycles. The number of hydrogen-bond acceptors (Lipinski definition) is 3. The van der Waals surface area contributed by atoms with Gasteiger partial charge in [0.1, 0.15) is 17.1 Å². The van der Waals surface area contributed by atoms with Gasteiger partial charge in [-0.3, -0.25) is 4.79 Å². The number of hydrogen-bond donors (Lipinski definition) is 1. The summed E-state index contributed by atoms with van der Waals surface area (Å²) < 4.78 is 18.9. The van der Waals surface area contributed by atoms with E-state index in [0.29, 0.717) is 19.7 Å². The van der Waals surface area contributed by atoms with Gasteiger partial charge in [0.15, 0.2) is 0 Å². The molecule has 1 amide bonds. The van der Waals surface area contributed by atoms with Crippen molar-refractivity contribution in [2.24, 2.45) is 0 Å². The Labute approximate surface area is 109 Å². The average molecular weight is 274 g/mol. The van der Waals surface area contributed by atoms with Crippen LogP contribution in [0, 0.1) is 5.82 Å². The van der Waals surface area contributed by atoms with Crippen molar-refractivity contribution in [2.75, 3.05) is 25.6 Å². The highest BCUT2D eigenvalue weighted by atomic mass is 35.5. The first-order valence-electron chi connectivity index (χ1n) is 5.57. The number of morpholine rings is 1. The predicted octanol–water partition coefficient (Wildman–Crippen LogP) is 1.61. The fraction of sp³-hybridized carbons (Fsp3) is 0.417. The van der Waals surface area contributed by atoms with E-state index in [-0.39, 0.29) is 23.3 Å². The van der Waals surface area contributed by atoms with Crippen LogP contribution >= 0.6 is 11.6 Å². The minimum Gasteiger partial charge on any atom is -0.507 e. The molecule has 1 aliphatic rings. The lowest BCUT2D eigenvalue weighted by atomic mass is 10.1. The first kappa shape index (κ1) is 13.1. The van der Waals surface area contributed by atoms with E-state index in [1.807, 2.05) is 0 Å². The summed E-state index contributed by atoms with van der Waals surface area (Å²) >= 11 is 5.67. The smallest absolute Gasteiger partial charge is 0.260 e. The maximum absolute atomic E-state index is 13.6. The van der Waals surface area contributed by atoms with Gasteiger partial charge in [-0.05, 0) is 12.1 Å². The Balaban J connectivity index is 2.20. The summed E-state index contributed by atoms with van der Waals surface area (Å²) in [4.78, 5) is 13.6. The van der Waals surface area contributed by atoms with Gasteiger partial charge in [0.2, 0.25) is 0 Å². The Kier molecular flexibility index (Phi) is 4.04. The van der Waals surface area contributed by atoms with Gasteiger partial charge >= 0.3 is 0 Å². The number of carbonyl (C=O) groups is 1. The van der Waals surface area contributed by atoms with E-state index in [9.17, 15) is 14.3 Å². The number of aromatic hydroxyl groups is 1. The number of phenolic OH excluding ortho intramolecular Hbond substituents is 1. The number of alkyl halides is 1. The first-order chi connectivity index (χ1) is 8.63.